The molecule has 3 nitrogen and oxygen atoms in total. The Morgan fingerprint density at radius 3 is 2.67 bits per heavy atom. The van der Waals surface area contributed by atoms with Gasteiger partial charge in [-0.25, -0.2) is 0 Å². The van der Waals surface area contributed by atoms with Gasteiger partial charge in [0.05, 0.1) is 0 Å². The van der Waals surface area contributed by atoms with Crippen molar-refractivity contribution in [2.45, 2.75) is 25.8 Å². The summed E-state index contributed by atoms with van der Waals surface area (Å²) >= 11 is 0. The molecule has 0 atom stereocenters. The van der Waals surface area contributed by atoms with Crippen LogP contribution in [0.15, 0.2) is 24.0 Å². The summed E-state index contributed by atoms with van der Waals surface area (Å²) in [6.45, 7) is 1.81. The number of carbonyl (C=O) groups is 1. The minimum absolute atomic E-state index is 0.435. The second-order valence-electron chi connectivity index (χ2n) is 3.04. The Kier molecular flexibility index (Phi) is 2.91. The second-order valence-corrected chi connectivity index (χ2v) is 3.04. The predicted molar refractivity (Wildman–Crippen MR) is 48.0 cm³/mol. The summed E-state index contributed by atoms with van der Waals surface area (Å²) in [7, 11) is 0. The Bertz CT molecular complexity index is 213. The summed E-state index contributed by atoms with van der Waals surface area (Å²) in [5.41, 5.74) is 6.16. The molecule has 3 heteroatoms. The highest BCUT2D eigenvalue weighted by molar-refractivity contribution is 5.50. The fraction of sp³-hybridized carbons (Fsp3) is 0.444. The first-order valence-corrected chi connectivity index (χ1v) is 4.07. The van der Waals surface area contributed by atoms with E-state index in [1.165, 1.54) is 0 Å². The van der Waals surface area contributed by atoms with Crippen molar-refractivity contribution >= 4 is 6.41 Å². The Morgan fingerprint density at radius 1 is 1.58 bits per heavy atom. The summed E-state index contributed by atoms with van der Waals surface area (Å²) in [6.07, 6.45) is 8.43. The molecule has 0 heterocycles. The normalized spacial score (nSPS) is 18.2. The zero-order valence-electron chi connectivity index (χ0n) is 7.23. The Hall–Kier alpha value is -1.25. The quantitative estimate of drug-likeness (QED) is 0.500. The van der Waals surface area contributed by atoms with Crippen molar-refractivity contribution in [2.75, 3.05) is 0 Å². The van der Waals surface area contributed by atoms with Gasteiger partial charge in [0.2, 0.25) is 6.41 Å². The molecule has 0 aromatic carbocycles. The van der Waals surface area contributed by atoms with Crippen LogP contribution < -0.4 is 5.73 Å². The fourth-order valence-electron chi connectivity index (χ4n) is 0.910. The standard InChI is InChI=1S/C9H14N2O/c1-8(10)3-2-6-11(7-12)9-4-5-9/h2-3,6-7,9H,4-5,10H2,1H3/b6-2-,8-3+. The maximum atomic E-state index is 10.5. The number of amides is 1. The lowest BCUT2D eigenvalue weighted by Crippen LogP contribution is -2.16. The van der Waals surface area contributed by atoms with Gasteiger partial charge in [0.25, 0.3) is 0 Å². The van der Waals surface area contributed by atoms with Crippen molar-refractivity contribution in [3.63, 3.8) is 0 Å². The van der Waals surface area contributed by atoms with Gasteiger partial charge in [0, 0.05) is 17.9 Å². The first-order valence-electron chi connectivity index (χ1n) is 4.07. The van der Waals surface area contributed by atoms with Crippen LogP contribution in [0.25, 0.3) is 0 Å². The highest BCUT2D eigenvalue weighted by Gasteiger charge is 2.26. The molecule has 0 bridgehead atoms. The molecule has 1 rings (SSSR count). The predicted octanol–water partition coefficient (Wildman–Crippen LogP) is 0.983. The highest BCUT2D eigenvalue weighted by atomic mass is 16.1. The summed E-state index contributed by atoms with van der Waals surface area (Å²) in [5, 5.41) is 0. The second kappa shape index (κ2) is 3.95. The summed E-state index contributed by atoms with van der Waals surface area (Å²) in [6, 6.07) is 0.435. The first-order chi connectivity index (χ1) is 5.74. The van der Waals surface area contributed by atoms with Crippen LogP contribution in [0.3, 0.4) is 0 Å². The lowest BCUT2D eigenvalue weighted by atomic mass is 10.4. The number of nitrogens with zero attached hydrogens (tertiary/aromatic N) is 1. The molecule has 1 aliphatic carbocycles. The molecule has 66 valence electrons. The van der Waals surface area contributed by atoms with Crippen molar-refractivity contribution in [1.82, 2.24) is 4.90 Å². The van der Waals surface area contributed by atoms with Gasteiger partial charge in [0.1, 0.15) is 0 Å². The van der Waals surface area contributed by atoms with E-state index in [9.17, 15) is 4.79 Å². The van der Waals surface area contributed by atoms with Gasteiger partial charge in [-0.1, -0.05) is 0 Å². The topological polar surface area (TPSA) is 46.3 Å². The molecule has 0 radical (unpaired) electrons. The molecule has 2 N–H and O–H groups in total. The molecule has 0 aromatic heterocycles. The van der Waals surface area contributed by atoms with Gasteiger partial charge >= 0.3 is 0 Å². The van der Waals surface area contributed by atoms with Gasteiger partial charge in [-0.3, -0.25) is 4.79 Å². The molecule has 1 aliphatic rings. The third kappa shape index (κ3) is 2.78. The maximum absolute atomic E-state index is 10.5. The zero-order chi connectivity index (χ0) is 8.97. The summed E-state index contributed by atoms with van der Waals surface area (Å²) in [4.78, 5) is 12.2. The molecule has 12 heavy (non-hydrogen) atoms. The molecule has 0 saturated heterocycles. The SMILES string of the molecule is C/C(N)=C\C=C/N(C=O)C1CC1. The van der Waals surface area contributed by atoms with E-state index in [0.717, 1.165) is 24.9 Å². The number of hydrogen-bond acceptors (Lipinski definition) is 2. The smallest absolute Gasteiger partial charge is 0.213 e. The van der Waals surface area contributed by atoms with E-state index in [1.807, 2.05) is 6.92 Å². The van der Waals surface area contributed by atoms with Crippen molar-refractivity contribution in [3.8, 4) is 0 Å². The molecule has 0 unspecified atom stereocenters. The van der Waals surface area contributed by atoms with Crippen LogP contribution in [-0.4, -0.2) is 17.4 Å². The molecule has 1 saturated carbocycles. The minimum atomic E-state index is 0.435. The van der Waals surface area contributed by atoms with E-state index in [1.54, 1.807) is 23.3 Å². The van der Waals surface area contributed by atoms with Crippen LogP contribution >= 0.6 is 0 Å². The van der Waals surface area contributed by atoms with E-state index < -0.39 is 0 Å². The molecule has 1 fully saturated rings. The van der Waals surface area contributed by atoms with Crippen LogP contribution in [0, 0.1) is 0 Å². The lowest BCUT2D eigenvalue weighted by molar-refractivity contribution is -0.116. The average Bonchev–Trinajstić information content (AvgIpc) is 2.80. The number of carbonyl (C=O) groups excluding carboxylic acids is 1. The Balaban J connectivity index is 2.40. The van der Waals surface area contributed by atoms with E-state index in [2.05, 4.69) is 0 Å². The van der Waals surface area contributed by atoms with Crippen molar-refractivity contribution in [2.24, 2.45) is 5.73 Å². The number of nitrogens with two attached hydrogens (primary N) is 1. The molecule has 0 aliphatic heterocycles. The third-order valence-electron chi connectivity index (χ3n) is 1.71. The van der Waals surface area contributed by atoms with Crippen molar-refractivity contribution < 1.29 is 4.79 Å². The maximum Gasteiger partial charge on any atom is 0.213 e. The van der Waals surface area contributed by atoms with Crippen LogP contribution in [0.1, 0.15) is 19.8 Å². The lowest BCUT2D eigenvalue weighted by Gasteiger charge is -2.08. The Morgan fingerprint density at radius 2 is 2.25 bits per heavy atom. The van der Waals surface area contributed by atoms with Crippen LogP contribution in [0.2, 0.25) is 0 Å². The van der Waals surface area contributed by atoms with Gasteiger partial charge in [-0.15, -0.1) is 0 Å². The summed E-state index contributed by atoms with van der Waals surface area (Å²) < 4.78 is 0. The van der Waals surface area contributed by atoms with Crippen LogP contribution in [0.4, 0.5) is 0 Å². The number of allylic oxidation sites excluding steroid dienone is 3. The van der Waals surface area contributed by atoms with Crippen LogP contribution in [-0.2, 0) is 4.79 Å². The number of rotatable bonds is 4. The zero-order valence-corrected chi connectivity index (χ0v) is 7.23. The average molecular weight is 166 g/mol. The van der Waals surface area contributed by atoms with Gasteiger partial charge < -0.3 is 10.6 Å². The molecular formula is C9H14N2O. The molecule has 1 amide bonds. The molecule has 0 spiro atoms. The minimum Gasteiger partial charge on any atom is -0.402 e. The summed E-state index contributed by atoms with van der Waals surface area (Å²) in [5.74, 6) is 0. The van der Waals surface area contributed by atoms with Crippen molar-refractivity contribution in [1.29, 1.82) is 0 Å². The monoisotopic (exact) mass is 166 g/mol. The first kappa shape index (κ1) is 8.84. The third-order valence-corrected chi connectivity index (χ3v) is 1.71. The van der Waals surface area contributed by atoms with Crippen molar-refractivity contribution in [3.05, 3.63) is 24.0 Å². The van der Waals surface area contributed by atoms with E-state index >= 15 is 0 Å². The number of hydrogen-bond donors (Lipinski definition) is 1. The Labute approximate surface area is 72.5 Å². The van der Waals surface area contributed by atoms with E-state index in [0.29, 0.717) is 6.04 Å². The molecular weight excluding hydrogens is 152 g/mol. The largest absolute Gasteiger partial charge is 0.402 e. The highest BCUT2D eigenvalue weighted by Crippen LogP contribution is 2.25. The van der Waals surface area contributed by atoms with Gasteiger partial charge in [0.15, 0.2) is 0 Å². The fourth-order valence-corrected chi connectivity index (χ4v) is 0.910. The van der Waals surface area contributed by atoms with E-state index in [4.69, 9.17) is 5.73 Å². The molecule has 0 aromatic rings. The van der Waals surface area contributed by atoms with Gasteiger partial charge in [-0.05, 0) is 31.9 Å². The van der Waals surface area contributed by atoms with E-state index in [-0.39, 0.29) is 0 Å². The van der Waals surface area contributed by atoms with Crippen LogP contribution in [0.5, 0.6) is 0 Å². The van der Waals surface area contributed by atoms with Gasteiger partial charge in [-0.2, -0.15) is 0 Å².